The largest absolute Gasteiger partial charge is 0.469 e. The number of esters is 1. The molecule has 0 N–H and O–H groups in total. The molecule has 30 heavy (non-hydrogen) atoms. The second-order valence-corrected chi connectivity index (χ2v) is 8.76. The number of carbonyl (C=O) groups is 1. The van der Waals surface area contributed by atoms with E-state index in [0.29, 0.717) is 20.1 Å². The lowest BCUT2D eigenvalue weighted by atomic mass is 9.81. The first-order chi connectivity index (χ1) is 14.4. The number of nitrogens with zero attached hydrogens (tertiary/aromatic N) is 2. The second kappa shape index (κ2) is 6.82. The van der Waals surface area contributed by atoms with Gasteiger partial charge in [-0.3, -0.25) is 14.2 Å². The maximum absolute atomic E-state index is 13.4. The van der Waals surface area contributed by atoms with E-state index < -0.39 is 23.7 Å². The molecule has 152 valence electrons. The molecule has 0 spiro atoms. The van der Waals surface area contributed by atoms with E-state index in [0.717, 1.165) is 11.1 Å². The number of thiazole rings is 1. The number of para-hydroxylation sites is 1. The van der Waals surface area contributed by atoms with Gasteiger partial charge in [0.1, 0.15) is 11.7 Å². The van der Waals surface area contributed by atoms with Crippen molar-refractivity contribution in [3.05, 3.63) is 84.4 Å². The molecule has 1 aromatic heterocycles. The summed E-state index contributed by atoms with van der Waals surface area (Å²) in [6, 6.07) is 14.1. The van der Waals surface area contributed by atoms with Crippen molar-refractivity contribution in [2.24, 2.45) is 10.9 Å². The average molecular weight is 441 g/mol. The van der Waals surface area contributed by atoms with Gasteiger partial charge in [0.15, 0.2) is 4.80 Å². The number of halogens is 1. The van der Waals surface area contributed by atoms with Crippen molar-refractivity contribution in [1.82, 2.24) is 4.57 Å². The monoisotopic (exact) mass is 440 g/mol. The van der Waals surface area contributed by atoms with Crippen LogP contribution in [-0.4, -0.2) is 23.4 Å². The van der Waals surface area contributed by atoms with Crippen LogP contribution in [-0.2, 0) is 9.53 Å². The van der Waals surface area contributed by atoms with Gasteiger partial charge in [-0.2, -0.15) is 0 Å². The quantitative estimate of drug-likeness (QED) is 0.574. The fraction of sp³-hybridized carbons (Fsp3) is 0.227. The Bertz CT molecular complexity index is 1360. The first kappa shape index (κ1) is 19.1. The third kappa shape index (κ3) is 2.73. The van der Waals surface area contributed by atoms with Gasteiger partial charge in [0.2, 0.25) is 5.72 Å². The number of methoxy groups -OCH3 is 1. The molecule has 6 nitrogen and oxygen atoms in total. The number of carbonyl (C=O) groups excluding carboxylic acids is 1. The zero-order valence-corrected chi connectivity index (χ0v) is 17.7. The Morgan fingerprint density at radius 3 is 2.77 bits per heavy atom. The lowest BCUT2D eigenvalue weighted by Gasteiger charge is -2.44. The molecule has 0 aliphatic carbocycles. The molecule has 0 saturated heterocycles. The number of ether oxygens (including phenoxy) is 2. The van der Waals surface area contributed by atoms with Gasteiger partial charge >= 0.3 is 5.97 Å². The molecule has 0 unspecified atom stereocenters. The Balaban J connectivity index is 1.81. The maximum atomic E-state index is 13.4. The van der Waals surface area contributed by atoms with E-state index in [-0.39, 0.29) is 5.56 Å². The molecule has 5 rings (SSSR count). The number of hydrogen-bond acceptors (Lipinski definition) is 6. The first-order valence-corrected chi connectivity index (χ1v) is 10.6. The van der Waals surface area contributed by atoms with Crippen LogP contribution in [0, 0.1) is 5.92 Å². The number of fused-ring (bicyclic) bond motifs is 6. The van der Waals surface area contributed by atoms with Gasteiger partial charge in [-0.05, 0) is 30.7 Å². The van der Waals surface area contributed by atoms with E-state index in [9.17, 15) is 9.59 Å². The first-order valence-electron chi connectivity index (χ1n) is 9.36. The summed E-state index contributed by atoms with van der Waals surface area (Å²) < 4.78 is 13.3. The number of benzene rings is 2. The molecule has 3 atom stereocenters. The van der Waals surface area contributed by atoms with Crippen LogP contribution in [0.1, 0.15) is 24.1 Å². The van der Waals surface area contributed by atoms with Crippen molar-refractivity contribution >= 4 is 35.0 Å². The summed E-state index contributed by atoms with van der Waals surface area (Å²) in [6.45, 7) is 1.75. The summed E-state index contributed by atoms with van der Waals surface area (Å²) in [4.78, 5) is 31.4. The van der Waals surface area contributed by atoms with E-state index in [1.54, 1.807) is 23.6 Å². The molecule has 3 aromatic rings. The molecule has 2 aliphatic heterocycles. The zero-order chi connectivity index (χ0) is 21.0. The third-order valence-corrected chi connectivity index (χ3v) is 6.85. The number of aromatic nitrogens is 1. The molecule has 2 aliphatic rings. The molecule has 8 heteroatoms. The van der Waals surface area contributed by atoms with Crippen LogP contribution in [0.4, 0.5) is 0 Å². The Hall–Kier alpha value is -2.90. The molecular weight excluding hydrogens is 424 g/mol. The fourth-order valence-corrected chi connectivity index (χ4v) is 5.44. The molecule has 0 saturated carbocycles. The molecular formula is C22H17ClN2O4S. The van der Waals surface area contributed by atoms with E-state index in [1.165, 1.54) is 18.4 Å². The van der Waals surface area contributed by atoms with Crippen LogP contribution in [0.25, 0.3) is 6.08 Å². The van der Waals surface area contributed by atoms with Crippen molar-refractivity contribution in [3.8, 4) is 5.75 Å². The van der Waals surface area contributed by atoms with Crippen molar-refractivity contribution < 1.29 is 14.3 Å². The fourth-order valence-electron chi connectivity index (χ4n) is 4.16. The summed E-state index contributed by atoms with van der Waals surface area (Å²) in [5.41, 5.74) is 0.0956. The minimum absolute atomic E-state index is 0.226. The second-order valence-electron chi connectivity index (χ2n) is 7.34. The van der Waals surface area contributed by atoms with Gasteiger partial charge in [-0.1, -0.05) is 59.3 Å². The van der Waals surface area contributed by atoms with Gasteiger partial charge in [0.05, 0.1) is 17.7 Å². The van der Waals surface area contributed by atoms with E-state index >= 15 is 0 Å². The minimum atomic E-state index is -1.18. The summed E-state index contributed by atoms with van der Waals surface area (Å²) in [5, 5.41) is 0.553. The Labute approximate surface area is 180 Å². The summed E-state index contributed by atoms with van der Waals surface area (Å²) in [5.74, 6) is -0.652. The standard InChI is InChI=1S/C22H17ClN2O4S/c1-22-17(20(27)28-2)18(13-8-4-6-10-15(13)29-22)25-19(26)16(30-21(25)24-22)11-12-7-3-5-9-14(12)23/h3-11,17-18H,1-2H3/b16-11+/t17-,18+,22-/m0/s1. The summed E-state index contributed by atoms with van der Waals surface area (Å²) in [7, 11) is 1.33. The Morgan fingerprint density at radius 2 is 2.00 bits per heavy atom. The minimum Gasteiger partial charge on any atom is -0.469 e. The molecule has 0 radical (unpaired) electrons. The Kier molecular flexibility index (Phi) is 4.34. The Morgan fingerprint density at radius 1 is 1.27 bits per heavy atom. The topological polar surface area (TPSA) is 69.9 Å². The number of hydrogen-bond donors (Lipinski definition) is 0. The van der Waals surface area contributed by atoms with Gasteiger partial charge in [-0.25, -0.2) is 4.99 Å². The highest BCUT2D eigenvalue weighted by atomic mass is 35.5. The number of rotatable bonds is 2. The van der Waals surface area contributed by atoms with E-state index in [2.05, 4.69) is 0 Å². The lowest BCUT2D eigenvalue weighted by molar-refractivity contribution is -0.158. The highest BCUT2D eigenvalue weighted by Crippen LogP contribution is 2.47. The molecule has 2 bridgehead atoms. The van der Waals surface area contributed by atoms with Crippen molar-refractivity contribution in [2.45, 2.75) is 18.7 Å². The van der Waals surface area contributed by atoms with E-state index in [1.807, 2.05) is 42.5 Å². The molecule has 2 aromatic carbocycles. The van der Waals surface area contributed by atoms with Crippen LogP contribution >= 0.6 is 22.9 Å². The van der Waals surface area contributed by atoms with Crippen LogP contribution in [0.15, 0.2) is 58.3 Å². The summed E-state index contributed by atoms with van der Waals surface area (Å²) in [6.07, 6.45) is 1.75. The van der Waals surface area contributed by atoms with Crippen LogP contribution in [0.3, 0.4) is 0 Å². The lowest BCUT2D eigenvalue weighted by Crippen LogP contribution is -2.58. The predicted molar refractivity (Wildman–Crippen MR) is 113 cm³/mol. The highest BCUT2D eigenvalue weighted by Gasteiger charge is 2.55. The zero-order valence-electron chi connectivity index (χ0n) is 16.2. The van der Waals surface area contributed by atoms with Gasteiger partial charge in [0.25, 0.3) is 5.56 Å². The average Bonchev–Trinajstić information content (AvgIpc) is 3.02. The molecule has 3 heterocycles. The van der Waals surface area contributed by atoms with Crippen LogP contribution in [0.5, 0.6) is 5.75 Å². The van der Waals surface area contributed by atoms with Gasteiger partial charge in [0, 0.05) is 10.6 Å². The normalized spacial score (nSPS) is 24.3. The van der Waals surface area contributed by atoms with Gasteiger partial charge in [-0.15, -0.1) is 0 Å². The molecule has 0 amide bonds. The predicted octanol–water partition coefficient (Wildman–Crippen LogP) is 2.51. The summed E-state index contributed by atoms with van der Waals surface area (Å²) >= 11 is 7.53. The van der Waals surface area contributed by atoms with Crippen LogP contribution in [0.2, 0.25) is 5.02 Å². The van der Waals surface area contributed by atoms with E-state index in [4.69, 9.17) is 26.1 Å². The van der Waals surface area contributed by atoms with Crippen molar-refractivity contribution in [3.63, 3.8) is 0 Å². The van der Waals surface area contributed by atoms with Crippen LogP contribution < -0.4 is 19.6 Å². The SMILES string of the molecule is COC(=O)[C@@H]1[C@H]2c3ccccc3O[C@]1(C)N=c1s/c(=C/c3ccccc3Cl)c(=O)n12. The van der Waals surface area contributed by atoms with Crippen molar-refractivity contribution in [2.75, 3.05) is 7.11 Å². The van der Waals surface area contributed by atoms with Gasteiger partial charge < -0.3 is 9.47 Å². The maximum Gasteiger partial charge on any atom is 0.317 e. The third-order valence-electron chi connectivity index (χ3n) is 5.53. The smallest absolute Gasteiger partial charge is 0.317 e. The van der Waals surface area contributed by atoms with Crippen molar-refractivity contribution in [1.29, 1.82) is 0 Å². The molecule has 0 fully saturated rings. The highest BCUT2D eigenvalue weighted by molar-refractivity contribution is 7.07.